The monoisotopic (exact) mass is 487 g/mol. The van der Waals surface area contributed by atoms with Crippen molar-refractivity contribution in [3.63, 3.8) is 0 Å². The molecule has 0 saturated heterocycles. The zero-order valence-corrected chi connectivity index (χ0v) is 20.2. The number of carbonyl (C=O) groups excluding carboxylic acids is 1. The largest absolute Gasteiger partial charge is 0.490 e. The van der Waals surface area contributed by atoms with Gasteiger partial charge in [0.25, 0.3) is 0 Å². The Hall–Kier alpha value is -2.10. The third-order valence-electron chi connectivity index (χ3n) is 6.65. The van der Waals surface area contributed by atoms with E-state index in [0.29, 0.717) is 49.0 Å². The van der Waals surface area contributed by atoms with Crippen LogP contribution >= 0.6 is 7.37 Å². The minimum Gasteiger partial charge on any atom is -0.490 e. The fourth-order valence-electron chi connectivity index (χ4n) is 4.91. The van der Waals surface area contributed by atoms with Gasteiger partial charge >= 0.3 is 5.97 Å². The zero-order chi connectivity index (χ0) is 22.4. The predicted octanol–water partition coefficient (Wildman–Crippen LogP) is 1.10. The molecule has 11 heteroatoms. The number of nitrogens with one attached hydrogen (secondary N) is 1. The predicted molar refractivity (Wildman–Crippen MR) is 123 cm³/mol. The number of esters is 1. The maximum Gasteiger partial charge on any atom is 0.322 e. The molecule has 4 rings (SSSR count). The van der Waals surface area contributed by atoms with E-state index in [0.717, 1.165) is 11.1 Å². The molecule has 4 atom stereocenters. The normalized spacial score (nSPS) is 27.0. The van der Waals surface area contributed by atoms with Gasteiger partial charge in [0.2, 0.25) is 13.1 Å². The van der Waals surface area contributed by atoms with Gasteiger partial charge in [-0.25, -0.2) is 0 Å². The molecule has 0 radical (unpaired) electrons. The summed E-state index contributed by atoms with van der Waals surface area (Å²) in [5, 5.41) is 13.5. The minimum absolute atomic E-state index is 0. The second-order valence-corrected chi connectivity index (χ2v) is 11.4. The van der Waals surface area contributed by atoms with Crippen LogP contribution in [0.25, 0.3) is 0 Å². The van der Waals surface area contributed by atoms with E-state index in [9.17, 15) is 14.5 Å². The van der Waals surface area contributed by atoms with Gasteiger partial charge in [0, 0.05) is 30.9 Å². The van der Waals surface area contributed by atoms with E-state index in [1.165, 1.54) is 14.2 Å². The maximum atomic E-state index is 13.1. The number of aliphatic hydroxyl groups excluding tert-OH is 1. The Balaban J connectivity index is 0.00000193. The third kappa shape index (κ3) is 4.38. The Morgan fingerprint density at radius 1 is 1.30 bits per heavy atom. The molecule has 4 unspecified atom stereocenters. The van der Waals surface area contributed by atoms with Crippen molar-refractivity contribution in [3.8, 4) is 17.2 Å². The van der Waals surface area contributed by atoms with Gasteiger partial charge in [-0.15, -0.1) is 0 Å². The highest BCUT2D eigenvalue weighted by Crippen LogP contribution is 2.60. The molecule has 1 aromatic carbocycles. The van der Waals surface area contributed by atoms with E-state index < -0.39 is 24.9 Å². The molecule has 10 nitrogen and oxygen atoms in total. The first-order valence-corrected chi connectivity index (χ1v) is 12.7. The summed E-state index contributed by atoms with van der Waals surface area (Å²) in [5.41, 5.74) is 1.20. The van der Waals surface area contributed by atoms with E-state index in [-0.39, 0.29) is 23.0 Å². The molecule has 33 heavy (non-hydrogen) atoms. The van der Waals surface area contributed by atoms with Gasteiger partial charge in [0.1, 0.15) is 12.1 Å². The molecular formula is C22H34NO9P. The van der Waals surface area contributed by atoms with Gasteiger partial charge in [0.05, 0.1) is 25.7 Å². The van der Waals surface area contributed by atoms with Crippen molar-refractivity contribution in [2.24, 2.45) is 0 Å². The molecule has 2 heterocycles. The van der Waals surface area contributed by atoms with Crippen LogP contribution in [-0.4, -0.2) is 66.8 Å². The van der Waals surface area contributed by atoms with Crippen LogP contribution in [0.1, 0.15) is 37.8 Å². The summed E-state index contributed by atoms with van der Waals surface area (Å²) in [5.74, 6) is 0.956. The molecule has 0 fully saturated rings. The van der Waals surface area contributed by atoms with Crippen LogP contribution in [0.2, 0.25) is 0 Å². The number of hydrogen-bond donors (Lipinski definition) is 2. The van der Waals surface area contributed by atoms with Crippen molar-refractivity contribution in [3.05, 3.63) is 29.3 Å². The summed E-state index contributed by atoms with van der Waals surface area (Å²) in [6, 6.07) is 1.30. The van der Waals surface area contributed by atoms with Gasteiger partial charge in [-0.05, 0) is 18.1 Å². The lowest BCUT2D eigenvalue weighted by Crippen LogP contribution is -2.47. The molecule has 186 valence electrons. The molecule has 6 N–H and O–H groups in total. The summed E-state index contributed by atoms with van der Waals surface area (Å²) in [6.45, 7) is 4.07. The lowest BCUT2D eigenvalue weighted by molar-refractivity contribution is -0.143. The van der Waals surface area contributed by atoms with Crippen molar-refractivity contribution in [1.82, 2.24) is 5.32 Å². The Bertz CT molecular complexity index is 958. The van der Waals surface area contributed by atoms with Crippen molar-refractivity contribution < 1.29 is 44.2 Å². The minimum atomic E-state index is -2.87. The van der Waals surface area contributed by atoms with Gasteiger partial charge in [-0.1, -0.05) is 26.0 Å². The van der Waals surface area contributed by atoms with Crippen LogP contribution in [-0.2, 0) is 26.1 Å². The first kappa shape index (κ1) is 27.1. The highest BCUT2D eigenvalue weighted by molar-refractivity contribution is 7.59. The van der Waals surface area contributed by atoms with E-state index in [1.54, 1.807) is 6.08 Å². The van der Waals surface area contributed by atoms with Crippen molar-refractivity contribution in [2.75, 3.05) is 26.5 Å². The van der Waals surface area contributed by atoms with Crippen molar-refractivity contribution in [1.29, 1.82) is 0 Å². The summed E-state index contributed by atoms with van der Waals surface area (Å²) >= 11 is 0. The van der Waals surface area contributed by atoms with E-state index in [4.69, 9.17) is 18.7 Å². The summed E-state index contributed by atoms with van der Waals surface area (Å²) < 4.78 is 36.2. The second kappa shape index (κ2) is 10.0. The van der Waals surface area contributed by atoms with E-state index >= 15 is 0 Å². The standard InChI is InChI=1S/C22H30NO7P.2H2O/c1-5-31(26,6-2)30-16-9-13-12-23-15(21(25)28-4)11-22-8-7-14(24)10-17(22)29-20(18(13)22)19(16)27-3;;/h7-9,14-15,17,23-24H,5-6,10-12H2,1-4H3;2*1H2. The topological polar surface area (TPSA) is 166 Å². The molecule has 0 amide bonds. The fraction of sp³-hybridized carbons (Fsp3) is 0.591. The molecule has 0 aromatic heterocycles. The van der Waals surface area contributed by atoms with Crippen molar-refractivity contribution >= 4 is 13.3 Å². The van der Waals surface area contributed by atoms with Gasteiger partial charge < -0.3 is 40.1 Å². The van der Waals surface area contributed by atoms with E-state index in [1.807, 2.05) is 26.0 Å². The van der Waals surface area contributed by atoms with Crippen LogP contribution in [0.4, 0.5) is 0 Å². The fourth-order valence-corrected chi connectivity index (χ4v) is 6.11. The van der Waals surface area contributed by atoms with Crippen molar-refractivity contribution in [2.45, 2.75) is 56.9 Å². The zero-order valence-electron chi connectivity index (χ0n) is 19.3. The lowest BCUT2D eigenvalue weighted by atomic mass is 9.68. The van der Waals surface area contributed by atoms with Crippen LogP contribution < -0.4 is 19.3 Å². The molecule has 1 aromatic rings. The number of ether oxygens (including phenoxy) is 3. The number of rotatable bonds is 6. The number of methoxy groups -OCH3 is 2. The van der Waals surface area contributed by atoms with Crippen LogP contribution in [0.15, 0.2) is 18.2 Å². The molecule has 1 spiro atoms. The first-order chi connectivity index (χ1) is 14.8. The average Bonchev–Trinajstić information content (AvgIpc) is 2.99. The Morgan fingerprint density at radius 3 is 2.61 bits per heavy atom. The number of benzene rings is 1. The number of carbonyl (C=O) groups is 1. The highest BCUT2D eigenvalue weighted by atomic mass is 31.2. The Labute approximate surface area is 193 Å². The molecule has 3 aliphatic rings. The maximum absolute atomic E-state index is 13.1. The van der Waals surface area contributed by atoms with Gasteiger partial charge in [-0.3, -0.25) is 9.36 Å². The SMILES string of the molecule is CCP(=O)(CC)Oc1cc2c3c(c1OC)OC1CC(O)C=CC31CC(C(=O)OC)NC2.O.O. The Kier molecular flexibility index (Phi) is 8.25. The highest BCUT2D eigenvalue weighted by Gasteiger charge is 2.55. The average molecular weight is 487 g/mol. The van der Waals surface area contributed by atoms with Crippen LogP contribution in [0.3, 0.4) is 0 Å². The summed E-state index contributed by atoms with van der Waals surface area (Å²) in [4.78, 5) is 12.5. The number of hydrogen-bond acceptors (Lipinski definition) is 8. The first-order valence-electron chi connectivity index (χ1n) is 10.7. The smallest absolute Gasteiger partial charge is 0.322 e. The summed E-state index contributed by atoms with van der Waals surface area (Å²) in [7, 11) is 0.0348. The molecular weight excluding hydrogens is 453 g/mol. The Morgan fingerprint density at radius 2 is 2.00 bits per heavy atom. The molecule has 0 bridgehead atoms. The third-order valence-corrected chi connectivity index (χ3v) is 9.11. The van der Waals surface area contributed by atoms with Gasteiger partial charge in [0.15, 0.2) is 11.5 Å². The molecule has 2 aliphatic heterocycles. The number of aliphatic hydroxyl groups is 1. The van der Waals surface area contributed by atoms with E-state index in [2.05, 4.69) is 5.32 Å². The lowest BCUT2D eigenvalue weighted by Gasteiger charge is -2.36. The second-order valence-electron chi connectivity index (χ2n) is 8.28. The molecule has 1 aliphatic carbocycles. The molecule has 0 saturated carbocycles. The van der Waals surface area contributed by atoms with Crippen LogP contribution in [0.5, 0.6) is 17.2 Å². The van der Waals surface area contributed by atoms with Crippen LogP contribution in [0, 0.1) is 0 Å². The summed E-state index contributed by atoms with van der Waals surface area (Å²) in [6.07, 6.45) is 4.34. The quantitative estimate of drug-likeness (QED) is 0.342. The van der Waals surface area contributed by atoms with Gasteiger partial charge in [-0.2, -0.15) is 0 Å².